The van der Waals surface area contributed by atoms with E-state index >= 15 is 0 Å². The molecule has 1 aromatic carbocycles. The lowest BCUT2D eigenvalue weighted by molar-refractivity contribution is -0.121. The van der Waals surface area contributed by atoms with Crippen LogP contribution in [-0.4, -0.2) is 15.5 Å². The maximum Gasteiger partial charge on any atom is 0.262 e. The summed E-state index contributed by atoms with van der Waals surface area (Å²) in [7, 11) is 0. The second-order valence-corrected chi connectivity index (χ2v) is 7.55. The molecule has 1 amide bonds. The van der Waals surface area contributed by atoms with Crippen LogP contribution in [-0.2, 0) is 17.9 Å². The van der Waals surface area contributed by atoms with Crippen molar-refractivity contribution in [2.24, 2.45) is 0 Å². The van der Waals surface area contributed by atoms with Crippen LogP contribution in [0.15, 0.2) is 50.3 Å². The first-order chi connectivity index (χ1) is 13.0. The van der Waals surface area contributed by atoms with Gasteiger partial charge in [0, 0.05) is 17.4 Å². The molecule has 0 saturated heterocycles. The molecule has 0 unspecified atom stereocenters. The molecule has 6 nitrogen and oxygen atoms in total. The Morgan fingerprint density at radius 3 is 2.89 bits per heavy atom. The highest BCUT2D eigenvalue weighted by molar-refractivity contribution is 9.10. The minimum Gasteiger partial charge on any atom is -0.467 e. The first-order valence-corrected chi connectivity index (χ1v) is 9.96. The molecule has 0 aliphatic rings. The number of carbonyl (C=O) groups is 1. The number of nitrogens with zero attached hydrogens (tertiary/aromatic N) is 1. The van der Waals surface area contributed by atoms with Crippen LogP contribution in [0.4, 0.5) is 0 Å². The van der Waals surface area contributed by atoms with E-state index < -0.39 is 0 Å². The Morgan fingerprint density at radius 2 is 2.11 bits per heavy atom. The van der Waals surface area contributed by atoms with Crippen LogP contribution in [0.25, 0.3) is 10.9 Å². The Bertz CT molecular complexity index is 1040. The molecule has 0 bridgehead atoms. The van der Waals surface area contributed by atoms with E-state index in [2.05, 4.69) is 26.2 Å². The fourth-order valence-corrected chi connectivity index (χ4v) is 3.49. The standard InChI is InChI=1S/C19H20BrN3O3S/c20-13-7-8-16-15(11-13)18(25)23(19(27)22-16)9-3-1-2-6-17(24)21-12-14-5-4-10-26-14/h4-5,7-8,10-11H,1-3,6,9,12H2,(H,21,24)(H,22,27). The van der Waals surface area contributed by atoms with Crippen molar-refractivity contribution in [1.82, 2.24) is 14.9 Å². The van der Waals surface area contributed by atoms with Gasteiger partial charge in [-0.1, -0.05) is 22.4 Å². The number of aromatic nitrogens is 2. The summed E-state index contributed by atoms with van der Waals surface area (Å²) in [6, 6.07) is 9.11. The van der Waals surface area contributed by atoms with Gasteiger partial charge in [0.15, 0.2) is 4.77 Å². The number of carbonyl (C=O) groups excluding carboxylic acids is 1. The van der Waals surface area contributed by atoms with Crippen molar-refractivity contribution < 1.29 is 9.21 Å². The van der Waals surface area contributed by atoms with E-state index in [1.165, 1.54) is 0 Å². The molecule has 3 aromatic rings. The quantitative estimate of drug-likeness (QED) is 0.396. The Labute approximate surface area is 169 Å². The molecule has 0 spiro atoms. The van der Waals surface area contributed by atoms with Gasteiger partial charge in [-0.05, 0) is 55.4 Å². The molecule has 0 fully saturated rings. The molecule has 2 aromatic heterocycles. The number of H-pyrrole nitrogens is 1. The van der Waals surface area contributed by atoms with Crippen molar-refractivity contribution in [1.29, 1.82) is 0 Å². The number of nitrogens with one attached hydrogen (secondary N) is 2. The zero-order valence-corrected chi connectivity index (χ0v) is 17.1. The van der Waals surface area contributed by atoms with Crippen molar-refractivity contribution in [2.75, 3.05) is 0 Å². The molecular weight excluding hydrogens is 430 g/mol. The second-order valence-electron chi connectivity index (χ2n) is 6.24. The zero-order valence-electron chi connectivity index (χ0n) is 14.7. The van der Waals surface area contributed by atoms with Crippen LogP contribution in [0.3, 0.4) is 0 Å². The van der Waals surface area contributed by atoms with Gasteiger partial charge in [-0.3, -0.25) is 14.2 Å². The van der Waals surface area contributed by atoms with E-state index in [1.54, 1.807) is 23.0 Å². The van der Waals surface area contributed by atoms with Crippen LogP contribution in [0.5, 0.6) is 0 Å². The Balaban J connectivity index is 1.48. The number of halogens is 1. The number of hydrogen-bond donors (Lipinski definition) is 2. The van der Waals surface area contributed by atoms with E-state index in [9.17, 15) is 9.59 Å². The summed E-state index contributed by atoms with van der Waals surface area (Å²) in [5, 5.41) is 3.43. The summed E-state index contributed by atoms with van der Waals surface area (Å²) in [4.78, 5) is 27.6. The van der Waals surface area contributed by atoms with Crippen LogP contribution < -0.4 is 10.9 Å². The van der Waals surface area contributed by atoms with Crippen LogP contribution in [0.1, 0.15) is 31.4 Å². The second kappa shape index (κ2) is 9.14. The first-order valence-electron chi connectivity index (χ1n) is 8.76. The number of fused-ring (bicyclic) bond motifs is 1. The molecule has 0 aliphatic heterocycles. The van der Waals surface area contributed by atoms with E-state index in [0.29, 0.717) is 29.7 Å². The van der Waals surface area contributed by atoms with Crippen molar-refractivity contribution in [3.63, 3.8) is 0 Å². The van der Waals surface area contributed by atoms with Gasteiger partial charge in [0.05, 0.1) is 23.7 Å². The van der Waals surface area contributed by atoms with E-state index in [1.807, 2.05) is 18.2 Å². The number of amides is 1. The van der Waals surface area contributed by atoms with Gasteiger partial charge in [-0.15, -0.1) is 0 Å². The highest BCUT2D eigenvalue weighted by atomic mass is 79.9. The number of furan rings is 1. The van der Waals surface area contributed by atoms with Crippen molar-refractivity contribution in [2.45, 2.75) is 38.8 Å². The molecule has 8 heteroatoms. The molecule has 2 heterocycles. The third-order valence-electron chi connectivity index (χ3n) is 4.27. The third kappa shape index (κ3) is 5.17. The normalized spacial score (nSPS) is 11.0. The minimum absolute atomic E-state index is 0.00332. The highest BCUT2D eigenvalue weighted by Gasteiger charge is 2.07. The Morgan fingerprint density at radius 1 is 1.26 bits per heavy atom. The molecular formula is C19H20BrN3O3S. The lowest BCUT2D eigenvalue weighted by Gasteiger charge is -2.08. The number of unbranched alkanes of at least 4 members (excludes halogenated alkanes) is 2. The topological polar surface area (TPSA) is 80.0 Å². The molecule has 0 atom stereocenters. The van der Waals surface area contributed by atoms with Gasteiger partial charge in [-0.25, -0.2) is 0 Å². The van der Waals surface area contributed by atoms with Gasteiger partial charge in [0.25, 0.3) is 5.56 Å². The smallest absolute Gasteiger partial charge is 0.262 e. The minimum atomic E-state index is -0.0914. The molecule has 3 rings (SSSR count). The van der Waals surface area contributed by atoms with Gasteiger partial charge in [-0.2, -0.15) is 0 Å². The van der Waals surface area contributed by atoms with Crippen molar-refractivity contribution in [3.8, 4) is 0 Å². The summed E-state index contributed by atoms with van der Waals surface area (Å²) < 4.78 is 8.03. The van der Waals surface area contributed by atoms with Gasteiger partial charge in [0.2, 0.25) is 5.91 Å². The number of hydrogen-bond acceptors (Lipinski definition) is 4. The SMILES string of the molecule is O=C(CCCCCn1c(=S)[nH]c2ccc(Br)cc2c1=O)NCc1ccco1. The molecule has 0 radical (unpaired) electrons. The van der Waals surface area contributed by atoms with Crippen LogP contribution in [0.2, 0.25) is 0 Å². The fraction of sp³-hybridized carbons (Fsp3) is 0.316. The maximum absolute atomic E-state index is 12.7. The van der Waals surface area contributed by atoms with Crippen LogP contribution in [0, 0.1) is 4.77 Å². The average molecular weight is 450 g/mol. The summed E-state index contributed by atoms with van der Waals surface area (Å²) >= 11 is 8.71. The average Bonchev–Trinajstić information content (AvgIpc) is 3.16. The van der Waals surface area contributed by atoms with Crippen molar-refractivity contribution >= 4 is 45.0 Å². The number of aromatic amines is 1. The number of rotatable bonds is 8. The lowest BCUT2D eigenvalue weighted by Crippen LogP contribution is -2.23. The summed E-state index contributed by atoms with van der Waals surface area (Å²) in [5.41, 5.74) is 0.643. The molecule has 0 aliphatic carbocycles. The predicted molar refractivity (Wildman–Crippen MR) is 110 cm³/mol. The summed E-state index contributed by atoms with van der Waals surface area (Å²) in [5.74, 6) is 0.733. The Kier molecular flexibility index (Phi) is 6.63. The molecule has 2 N–H and O–H groups in total. The van der Waals surface area contributed by atoms with Gasteiger partial charge >= 0.3 is 0 Å². The van der Waals surface area contributed by atoms with Gasteiger partial charge < -0.3 is 14.7 Å². The molecule has 27 heavy (non-hydrogen) atoms. The van der Waals surface area contributed by atoms with E-state index in [4.69, 9.17) is 16.6 Å². The van der Waals surface area contributed by atoms with Crippen molar-refractivity contribution in [3.05, 3.63) is 62.0 Å². The molecule has 0 saturated carbocycles. The first kappa shape index (κ1) is 19.6. The van der Waals surface area contributed by atoms with Gasteiger partial charge in [0.1, 0.15) is 5.76 Å². The largest absolute Gasteiger partial charge is 0.467 e. The summed E-state index contributed by atoms with van der Waals surface area (Å²) in [6.07, 6.45) is 4.41. The maximum atomic E-state index is 12.7. The monoisotopic (exact) mass is 449 g/mol. The third-order valence-corrected chi connectivity index (χ3v) is 5.09. The highest BCUT2D eigenvalue weighted by Crippen LogP contribution is 2.15. The predicted octanol–water partition coefficient (Wildman–Crippen LogP) is 4.29. The van der Waals surface area contributed by atoms with E-state index in [0.717, 1.165) is 35.0 Å². The number of benzene rings is 1. The zero-order chi connectivity index (χ0) is 19.2. The lowest BCUT2D eigenvalue weighted by atomic mass is 10.2. The van der Waals surface area contributed by atoms with E-state index in [-0.39, 0.29) is 11.5 Å². The molecule has 142 valence electrons. The Hall–Kier alpha value is -2.19. The van der Waals surface area contributed by atoms with Crippen LogP contribution >= 0.6 is 28.1 Å². The fourth-order valence-electron chi connectivity index (χ4n) is 2.85. The summed E-state index contributed by atoms with van der Waals surface area (Å²) in [6.45, 7) is 0.938.